The Morgan fingerprint density at radius 1 is 1.20 bits per heavy atom. The third kappa shape index (κ3) is 2.61. The van der Waals surface area contributed by atoms with Gasteiger partial charge in [0.2, 0.25) is 6.79 Å². The number of fused-ring (bicyclic) bond motifs is 1. The van der Waals surface area contributed by atoms with Crippen LogP contribution in [0.4, 0.5) is 5.82 Å². The molecule has 5 nitrogen and oxygen atoms in total. The van der Waals surface area contributed by atoms with Crippen molar-refractivity contribution < 1.29 is 14.3 Å². The number of benzene rings is 1. The van der Waals surface area contributed by atoms with Crippen LogP contribution in [0.1, 0.15) is 10.4 Å². The first-order valence-electron chi connectivity index (χ1n) is 6.11. The summed E-state index contributed by atoms with van der Waals surface area (Å²) < 4.78 is 10.4. The smallest absolute Gasteiger partial charge is 0.231 e. The first-order chi connectivity index (χ1) is 9.83. The highest BCUT2D eigenvalue weighted by atomic mass is 16.7. The zero-order chi connectivity index (χ0) is 13.8. The molecule has 0 saturated carbocycles. The lowest BCUT2D eigenvalue weighted by molar-refractivity contribution is 0.104. The van der Waals surface area contributed by atoms with Gasteiger partial charge in [0.1, 0.15) is 5.82 Å². The fourth-order valence-electron chi connectivity index (χ4n) is 1.80. The van der Waals surface area contributed by atoms with E-state index >= 15 is 0 Å². The Morgan fingerprint density at radius 2 is 2.10 bits per heavy atom. The van der Waals surface area contributed by atoms with Crippen LogP contribution < -0.4 is 14.8 Å². The van der Waals surface area contributed by atoms with Crippen molar-refractivity contribution in [3.05, 3.63) is 60.4 Å². The monoisotopic (exact) mass is 268 g/mol. The summed E-state index contributed by atoms with van der Waals surface area (Å²) >= 11 is 0. The molecule has 20 heavy (non-hydrogen) atoms. The van der Waals surface area contributed by atoms with Crippen LogP contribution in [-0.2, 0) is 0 Å². The van der Waals surface area contributed by atoms with Crippen LogP contribution in [0.25, 0.3) is 0 Å². The molecule has 0 aliphatic carbocycles. The Labute approximate surface area is 115 Å². The van der Waals surface area contributed by atoms with Crippen LogP contribution in [-0.4, -0.2) is 17.6 Å². The zero-order valence-electron chi connectivity index (χ0n) is 10.6. The van der Waals surface area contributed by atoms with E-state index in [9.17, 15) is 4.79 Å². The molecule has 1 aliphatic heterocycles. The van der Waals surface area contributed by atoms with Crippen LogP contribution in [0.2, 0.25) is 0 Å². The minimum atomic E-state index is -0.119. The van der Waals surface area contributed by atoms with E-state index in [-0.39, 0.29) is 12.6 Å². The second-order valence-electron chi connectivity index (χ2n) is 4.12. The lowest BCUT2D eigenvalue weighted by Crippen LogP contribution is -1.97. The van der Waals surface area contributed by atoms with Gasteiger partial charge in [-0.3, -0.25) is 4.79 Å². The van der Waals surface area contributed by atoms with Crippen molar-refractivity contribution in [2.45, 2.75) is 0 Å². The Kier molecular flexibility index (Phi) is 3.33. The van der Waals surface area contributed by atoms with Gasteiger partial charge in [-0.05, 0) is 30.3 Å². The summed E-state index contributed by atoms with van der Waals surface area (Å²) in [6.07, 6.45) is 4.69. The molecule has 2 heterocycles. The van der Waals surface area contributed by atoms with E-state index in [4.69, 9.17) is 9.47 Å². The van der Waals surface area contributed by atoms with E-state index in [1.54, 1.807) is 30.6 Å². The average Bonchev–Trinajstić information content (AvgIpc) is 2.95. The number of nitrogens with zero attached hydrogens (tertiary/aromatic N) is 1. The fraction of sp³-hybridized carbons (Fsp3) is 0.0667. The quantitative estimate of drug-likeness (QED) is 0.682. The van der Waals surface area contributed by atoms with E-state index in [0.29, 0.717) is 22.9 Å². The number of ether oxygens (including phenoxy) is 2. The number of ketones is 1. The van der Waals surface area contributed by atoms with Gasteiger partial charge in [0, 0.05) is 24.0 Å². The zero-order valence-corrected chi connectivity index (χ0v) is 10.6. The van der Waals surface area contributed by atoms with E-state index < -0.39 is 0 Å². The van der Waals surface area contributed by atoms with Gasteiger partial charge in [-0.15, -0.1) is 0 Å². The van der Waals surface area contributed by atoms with E-state index in [1.165, 1.54) is 6.08 Å². The fourth-order valence-corrected chi connectivity index (χ4v) is 1.80. The standard InChI is InChI=1S/C15H12N2O3/c18-12(6-8-17-15-3-1-2-7-16-15)11-4-5-13-14(9-11)20-10-19-13/h1-9H,10H2,(H,16,17)/b8-6-. The lowest BCUT2D eigenvalue weighted by atomic mass is 10.1. The molecule has 100 valence electrons. The van der Waals surface area contributed by atoms with Crippen LogP contribution in [0.5, 0.6) is 11.5 Å². The maximum atomic E-state index is 12.0. The number of carbonyl (C=O) groups is 1. The molecule has 1 aromatic heterocycles. The minimum Gasteiger partial charge on any atom is -0.454 e. The van der Waals surface area contributed by atoms with Crippen molar-refractivity contribution in [2.75, 3.05) is 12.1 Å². The summed E-state index contributed by atoms with van der Waals surface area (Å²) in [5.74, 6) is 1.83. The molecule has 0 fully saturated rings. The molecular formula is C15H12N2O3. The molecule has 1 N–H and O–H groups in total. The number of nitrogens with one attached hydrogen (secondary N) is 1. The number of aromatic nitrogens is 1. The number of hydrogen-bond acceptors (Lipinski definition) is 5. The van der Waals surface area contributed by atoms with Crippen molar-refractivity contribution in [2.24, 2.45) is 0 Å². The second kappa shape index (κ2) is 5.44. The highest BCUT2D eigenvalue weighted by Crippen LogP contribution is 2.32. The third-order valence-electron chi connectivity index (χ3n) is 2.79. The summed E-state index contributed by atoms with van der Waals surface area (Å²) in [7, 11) is 0. The Bertz CT molecular complexity index is 653. The Morgan fingerprint density at radius 3 is 2.95 bits per heavy atom. The summed E-state index contributed by atoms with van der Waals surface area (Å²) in [6.45, 7) is 0.198. The maximum absolute atomic E-state index is 12.0. The number of pyridine rings is 1. The number of allylic oxidation sites excluding steroid dienone is 1. The summed E-state index contributed by atoms with van der Waals surface area (Å²) in [6, 6.07) is 10.6. The first kappa shape index (κ1) is 12.2. The topological polar surface area (TPSA) is 60.5 Å². The van der Waals surface area contributed by atoms with Gasteiger partial charge in [-0.2, -0.15) is 0 Å². The van der Waals surface area contributed by atoms with Crippen LogP contribution in [0, 0.1) is 0 Å². The van der Waals surface area contributed by atoms with Gasteiger partial charge < -0.3 is 14.8 Å². The molecule has 0 saturated heterocycles. The normalized spacial score (nSPS) is 12.6. The molecular weight excluding hydrogens is 256 g/mol. The number of rotatable bonds is 4. The molecule has 0 unspecified atom stereocenters. The predicted octanol–water partition coefficient (Wildman–Crippen LogP) is 2.62. The molecule has 1 aliphatic rings. The van der Waals surface area contributed by atoms with Crippen molar-refractivity contribution in [1.29, 1.82) is 0 Å². The molecule has 0 atom stereocenters. The molecule has 2 aromatic rings. The summed E-state index contributed by atoms with van der Waals surface area (Å²) in [4.78, 5) is 16.1. The van der Waals surface area contributed by atoms with Gasteiger partial charge in [0.05, 0.1) is 0 Å². The minimum absolute atomic E-state index is 0.119. The first-order valence-corrected chi connectivity index (χ1v) is 6.11. The van der Waals surface area contributed by atoms with Crippen molar-refractivity contribution in [1.82, 2.24) is 4.98 Å². The maximum Gasteiger partial charge on any atom is 0.231 e. The van der Waals surface area contributed by atoms with E-state index in [2.05, 4.69) is 10.3 Å². The van der Waals surface area contributed by atoms with Gasteiger partial charge in [0.25, 0.3) is 0 Å². The molecule has 5 heteroatoms. The number of anilines is 1. The van der Waals surface area contributed by atoms with Crippen molar-refractivity contribution in [3.8, 4) is 11.5 Å². The van der Waals surface area contributed by atoms with Gasteiger partial charge in [0.15, 0.2) is 17.3 Å². The van der Waals surface area contributed by atoms with Crippen LogP contribution >= 0.6 is 0 Å². The third-order valence-corrected chi connectivity index (χ3v) is 2.79. The molecule has 1 aromatic carbocycles. The van der Waals surface area contributed by atoms with Gasteiger partial charge >= 0.3 is 0 Å². The SMILES string of the molecule is O=C(/C=C\Nc1ccccn1)c1ccc2c(c1)OCO2. The summed E-state index contributed by atoms with van der Waals surface area (Å²) in [5.41, 5.74) is 0.549. The molecule has 3 rings (SSSR count). The number of hydrogen-bond donors (Lipinski definition) is 1. The van der Waals surface area contributed by atoms with Gasteiger partial charge in [-0.1, -0.05) is 6.07 Å². The van der Waals surface area contributed by atoms with Crippen molar-refractivity contribution >= 4 is 11.6 Å². The largest absolute Gasteiger partial charge is 0.454 e. The second-order valence-corrected chi connectivity index (χ2v) is 4.12. The number of carbonyl (C=O) groups excluding carboxylic acids is 1. The van der Waals surface area contributed by atoms with E-state index in [0.717, 1.165) is 0 Å². The lowest BCUT2D eigenvalue weighted by Gasteiger charge is -2.00. The van der Waals surface area contributed by atoms with Crippen molar-refractivity contribution in [3.63, 3.8) is 0 Å². The Hall–Kier alpha value is -2.82. The highest BCUT2D eigenvalue weighted by Gasteiger charge is 2.14. The predicted molar refractivity (Wildman–Crippen MR) is 73.9 cm³/mol. The van der Waals surface area contributed by atoms with E-state index in [1.807, 2.05) is 18.2 Å². The molecule has 0 amide bonds. The van der Waals surface area contributed by atoms with Crippen LogP contribution in [0.15, 0.2) is 54.9 Å². The van der Waals surface area contributed by atoms with Crippen LogP contribution in [0.3, 0.4) is 0 Å². The molecule has 0 spiro atoms. The highest BCUT2D eigenvalue weighted by molar-refractivity contribution is 6.05. The molecule has 0 radical (unpaired) electrons. The molecule has 0 bridgehead atoms. The Balaban J connectivity index is 1.67. The summed E-state index contributed by atoms with van der Waals surface area (Å²) in [5, 5.41) is 2.93. The average molecular weight is 268 g/mol. The van der Waals surface area contributed by atoms with Gasteiger partial charge in [-0.25, -0.2) is 4.98 Å².